The normalized spacial score (nSPS) is 11.3. The van der Waals surface area contributed by atoms with E-state index in [0.717, 1.165) is 11.9 Å². The third-order valence-electron chi connectivity index (χ3n) is 2.54. The van der Waals surface area contributed by atoms with E-state index in [2.05, 4.69) is 9.97 Å². The van der Waals surface area contributed by atoms with Crippen LogP contribution in [0.2, 0.25) is 0 Å². The molecule has 0 aliphatic carbocycles. The summed E-state index contributed by atoms with van der Waals surface area (Å²) in [6, 6.07) is 8.09. The zero-order valence-corrected chi connectivity index (χ0v) is 12.0. The number of sulfone groups is 1. The topological polar surface area (TPSA) is 95.2 Å². The maximum absolute atomic E-state index is 11.5. The van der Waals surface area contributed by atoms with Crippen LogP contribution >= 0.6 is 0 Å². The summed E-state index contributed by atoms with van der Waals surface area (Å²) in [4.78, 5) is 8.44. The van der Waals surface area contributed by atoms with Gasteiger partial charge in [0, 0.05) is 18.5 Å². The van der Waals surface area contributed by atoms with Crippen LogP contribution in [0.1, 0.15) is 11.4 Å². The van der Waals surface area contributed by atoms with Crippen molar-refractivity contribution >= 4 is 9.84 Å². The SMILES string of the molecule is Cc1cc(CN)nc(Oc2cccc(S(C)(=O)=O)c2)n1. The predicted molar refractivity (Wildman–Crippen MR) is 74.3 cm³/mol. The first-order valence-electron chi connectivity index (χ1n) is 5.91. The maximum Gasteiger partial charge on any atom is 0.322 e. The molecule has 2 N–H and O–H groups in total. The fourth-order valence-corrected chi connectivity index (χ4v) is 2.28. The van der Waals surface area contributed by atoms with Gasteiger partial charge in [0.05, 0.1) is 10.6 Å². The second-order valence-corrected chi connectivity index (χ2v) is 6.35. The highest BCUT2D eigenvalue weighted by atomic mass is 32.2. The van der Waals surface area contributed by atoms with Crippen LogP contribution in [0.5, 0.6) is 11.8 Å². The summed E-state index contributed by atoms with van der Waals surface area (Å²) >= 11 is 0. The number of ether oxygens (including phenoxy) is 1. The third-order valence-corrected chi connectivity index (χ3v) is 3.65. The monoisotopic (exact) mass is 293 g/mol. The van der Waals surface area contributed by atoms with Gasteiger partial charge in [0.2, 0.25) is 0 Å². The molecule has 2 aromatic rings. The van der Waals surface area contributed by atoms with E-state index in [-0.39, 0.29) is 17.5 Å². The molecule has 0 aliphatic rings. The second kappa shape index (κ2) is 5.56. The third kappa shape index (κ3) is 3.52. The molecule has 1 aromatic heterocycles. The van der Waals surface area contributed by atoms with Crippen molar-refractivity contribution in [3.8, 4) is 11.8 Å². The van der Waals surface area contributed by atoms with Crippen molar-refractivity contribution < 1.29 is 13.2 Å². The van der Waals surface area contributed by atoms with Gasteiger partial charge in [-0.1, -0.05) is 6.07 Å². The van der Waals surface area contributed by atoms with Gasteiger partial charge in [-0.2, -0.15) is 4.98 Å². The van der Waals surface area contributed by atoms with E-state index in [9.17, 15) is 8.42 Å². The number of nitrogens with two attached hydrogens (primary N) is 1. The van der Waals surface area contributed by atoms with Gasteiger partial charge in [0.25, 0.3) is 0 Å². The molecule has 0 saturated carbocycles. The van der Waals surface area contributed by atoms with Gasteiger partial charge in [-0.15, -0.1) is 0 Å². The van der Waals surface area contributed by atoms with E-state index in [1.807, 2.05) is 0 Å². The molecule has 0 saturated heterocycles. The van der Waals surface area contributed by atoms with E-state index < -0.39 is 9.84 Å². The van der Waals surface area contributed by atoms with Crippen LogP contribution in [0.3, 0.4) is 0 Å². The van der Waals surface area contributed by atoms with Gasteiger partial charge >= 0.3 is 6.01 Å². The van der Waals surface area contributed by atoms with Gasteiger partial charge < -0.3 is 10.5 Å². The summed E-state index contributed by atoms with van der Waals surface area (Å²) in [5.41, 5.74) is 6.93. The zero-order valence-electron chi connectivity index (χ0n) is 11.2. The van der Waals surface area contributed by atoms with Crippen LogP contribution in [0.15, 0.2) is 35.2 Å². The van der Waals surface area contributed by atoms with E-state index in [4.69, 9.17) is 10.5 Å². The molecular weight excluding hydrogens is 278 g/mol. The van der Waals surface area contributed by atoms with Crippen molar-refractivity contribution in [3.63, 3.8) is 0 Å². The summed E-state index contributed by atoms with van der Waals surface area (Å²) in [7, 11) is -3.28. The number of aromatic nitrogens is 2. The lowest BCUT2D eigenvalue weighted by Gasteiger charge is -2.07. The number of hydrogen-bond acceptors (Lipinski definition) is 6. The zero-order chi connectivity index (χ0) is 14.8. The van der Waals surface area contributed by atoms with Crippen LogP contribution in [0, 0.1) is 6.92 Å². The largest absolute Gasteiger partial charge is 0.424 e. The maximum atomic E-state index is 11.5. The predicted octanol–water partition coefficient (Wildman–Crippen LogP) is 1.44. The summed E-state index contributed by atoms with van der Waals surface area (Å²) in [5.74, 6) is 0.362. The summed E-state index contributed by atoms with van der Waals surface area (Å²) in [6.07, 6.45) is 1.14. The van der Waals surface area contributed by atoms with Crippen molar-refractivity contribution in [2.45, 2.75) is 18.4 Å². The van der Waals surface area contributed by atoms with Gasteiger partial charge in [-0.05, 0) is 31.2 Å². The Balaban J connectivity index is 2.33. The molecule has 0 unspecified atom stereocenters. The van der Waals surface area contributed by atoms with Crippen LogP contribution in [-0.4, -0.2) is 24.6 Å². The van der Waals surface area contributed by atoms with Gasteiger partial charge in [-0.25, -0.2) is 13.4 Å². The second-order valence-electron chi connectivity index (χ2n) is 4.34. The highest BCUT2D eigenvalue weighted by molar-refractivity contribution is 7.90. The highest BCUT2D eigenvalue weighted by Crippen LogP contribution is 2.22. The number of benzene rings is 1. The van der Waals surface area contributed by atoms with Crippen LogP contribution in [0.25, 0.3) is 0 Å². The smallest absolute Gasteiger partial charge is 0.322 e. The first kappa shape index (κ1) is 14.4. The Hall–Kier alpha value is -1.99. The van der Waals surface area contributed by atoms with Crippen molar-refractivity contribution in [2.24, 2.45) is 5.73 Å². The van der Waals surface area contributed by atoms with E-state index in [1.54, 1.807) is 25.1 Å². The Morgan fingerprint density at radius 3 is 2.65 bits per heavy atom. The molecule has 7 heteroatoms. The van der Waals surface area contributed by atoms with Gasteiger partial charge in [-0.3, -0.25) is 0 Å². The van der Waals surface area contributed by atoms with Gasteiger partial charge in [0.1, 0.15) is 5.75 Å². The number of hydrogen-bond donors (Lipinski definition) is 1. The molecule has 20 heavy (non-hydrogen) atoms. The first-order valence-corrected chi connectivity index (χ1v) is 7.80. The summed E-state index contributed by atoms with van der Waals surface area (Å²) in [6.45, 7) is 2.09. The molecule has 0 aliphatic heterocycles. The molecule has 1 heterocycles. The van der Waals surface area contributed by atoms with Crippen molar-refractivity contribution in [1.29, 1.82) is 0 Å². The molecule has 0 amide bonds. The quantitative estimate of drug-likeness (QED) is 0.916. The Morgan fingerprint density at radius 1 is 1.25 bits per heavy atom. The van der Waals surface area contributed by atoms with E-state index in [0.29, 0.717) is 11.4 Å². The Kier molecular flexibility index (Phi) is 4.01. The number of aryl methyl sites for hydroxylation is 1. The lowest BCUT2D eigenvalue weighted by atomic mass is 10.3. The lowest BCUT2D eigenvalue weighted by Crippen LogP contribution is -2.04. The minimum Gasteiger partial charge on any atom is -0.424 e. The van der Waals surface area contributed by atoms with E-state index in [1.165, 1.54) is 12.1 Å². The van der Waals surface area contributed by atoms with Crippen molar-refractivity contribution in [1.82, 2.24) is 9.97 Å². The Bertz CT molecular complexity index is 729. The van der Waals surface area contributed by atoms with Gasteiger partial charge in [0.15, 0.2) is 9.84 Å². The fraction of sp³-hybridized carbons (Fsp3) is 0.231. The number of nitrogens with zero attached hydrogens (tertiary/aromatic N) is 2. The Labute approximate surface area is 117 Å². The highest BCUT2D eigenvalue weighted by Gasteiger charge is 2.09. The van der Waals surface area contributed by atoms with Crippen molar-refractivity contribution in [3.05, 3.63) is 41.7 Å². The molecule has 0 atom stereocenters. The first-order chi connectivity index (χ1) is 9.38. The lowest BCUT2D eigenvalue weighted by molar-refractivity contribution is 0.436. The fourth-order valence-electron chi connectivity index (χ4n) is 1.63. The molecule has 106 valence electrons. The molecule has 0 spiro atoms. The molecule has 2 rings (SSSR count). The Morgan fingerprint density at radius 2 is 2.00 bits per heavy atom. The standard InChI is InChI=1S/C13H15N3O3S/c1-9-6-10(8-14)16-13(15-9)19-11-4-3-5-12(7-11)20(2,17)18/h3-7H,8,14H2,1-2H3. The number of rotatable bonds is 4. The van der Waals surface area contributed by atoms with Crippen LogP contribution < -0.4 is 10.5 Å². The molecule has 0 bridgehead atoms. The van der Waals surface area contributed by atoms with E-state index >= 15 is 0 Å². The minimum absolute atomic E-state index is 0.149. The van der Waals surface area contributed by atoms with Crippen molar-refractivity contribution in [2.75, 3.05) is 6.26 Å². The average Bonchev–Trinajstić information content (AvgIpc) is 2.37. The molecular formula is C13H15N3O3S. The molecule has 0 radical (unpaired) electrons. The molecule has 6 nitrogen and oxygen atoms in total. The average molecular weight is 293 g/mol. The summed E-state index contributed by atoms with van der Waals surface area (Å²) in [5, 5.41) is 0. The van der Waals surface area contributed by atoms with Crippen LogP contribution in [0.4, 0.5) is 0 Å². The molecule has 0 fully saturated rings. The van der Waals surface area contributed by atoms with Crippen LogP contribution in [-0.2, 0) is 16.4 Å². The molecule has 1 aromatic carbocycles. The summed E-state index contributed by atoms with van der Waals surface area (Å²) < 4.78 is 28.5. The minimum atomic E-state index is -3.28.